The number of ether oxygens (including phenoxy) is 2. The molecular formula is C26H29ClN2O4. The first-order valence-electron chi connectivity index (χ1n) is 10.7. The summed E-state index contributed by atoms with van der Waals surface area (Å²) in [5, 5.41) is 0.677. The quantitative estimate of drug-likeness (QED) is 0.381. The fourth-order valence-electron chi connectivity index (χ4n) is 3.02. The molecule has 0 saturated heterocycles. The SMILES string of the molecule is CC(C)(C)C(=O)OCC(C)(C)C(=O)C(Oc1ccc(-c2ccc(Cl)cc2)cc1)n1ccnc1. The monoisotopic (exact) mass is 468 g/mol. The number of aromatic nitrogens is 2. The Morgan fingerprint density at radius 1 is 0.970 bits per heavy atom. The molecule has 0 saturated carbocycles. The van der Waals surface area contributed by atoms with Crippen molar-refractivity contribution in [3.63, 3.8) is 0 Å². The van der Waals surface area contributed by atoms with Gasteiger partial charge in [-0.25, -0.2) is 4.98 Å². The van der Waals surface area contributed by atoms with E-state index < -0.39 is 17.1 Å². The third-order valence-electron chi connectivity index (χ3n) is 5.14. The first-order valence-corrected chi connectivity index (χ1v) is 11.1. The van der Waals surface area contributed by atoms with Crippen molar-refractivity contribution in [3.05, 3.63) is 72.3 Å². The van der Waals surface area contributed by atoms with E-state index >= 15 is 0 Å². The maximum Gasteiger partial charge on any atom is 0.311 e. The number of hydrogen-bond donors (Lipinski definition) is 0. The van der Waals surface area contributed by atoms with Crippen molar-refractivity contribution < 1.29 is 19.1 Å². The molecule has 0 fully saturated rings. The minimum Gasteiger partial charge on any atom is -0.464 e. The minimum atomic E-state index is -0.973. The Morgan fingerprint density at radius 3 is 2.06 bits per heavy atom. The van der Waals surface area contributed by atoms with Crippen LogP contribution in [0.1, 0.15) is 40.8 Å². The summed E-state index contributed by atoms with van der Waals surface area (Å²) in [5.41, 5.74) is 0.401. The number of esters is 1. The van der Waals surface area contributed by atoms with Gasteiger partial charge in [0.2, 0.25) is 12.0 Å². The highest BCUT2D eigenvalue weighted by Crippen LogP contribution is 2.30. The number of hydrogen-bond acceptors (Lipinski definition) is 5. The molecular weight excluding hydrogens is 440 g/mol. The van der Waals surface area contributed by atoms with E-state index in [2.05, 4.69) is 4.98 Å². The van der Waals surface area contributed by atoms with Crippen LogP contribution in [0.3, 0.4) is 0 Å². The van der Waals surface area contributed by atoms with E-state index in [1.807, 2.05) is 48.5 Å². The number of nitrogens with zero attached hydrogens (tertiary/aromatic N) is 2. The molecule has 3 aromatic rings. The van der Waals surface area contributed by atoms with Crippen LogP contribution in [0.5, 0.6) is 5.75 Å². The van der Waals surface area contributed by atoms with Crippen LogP contribution in [0, 0.1) is 10.8 Å². The second kappa shape index (κ2) is 9.79. The smallest absolute Gasteiger partial charge is 0.311 e. The third-order valence-corrected chi connectivity index (χ3v) is 5.40. The average Bonchev–Trinajstić information content (AvgIpc) is 3.30. The molecule has 1 heterocycles. The zero-order valence-corrected chi connectivity index (χ0v) is 20.3. The molecule has 0 radical (unpaired) electrons. The number of ketones is 1. The van der Waals surface area contributed by atoms with Gasteiger partial charge in [-0.2, -0.15) is 0 Å². The molecule has 7 heteroatoms. The van der Waals surface area contributed by atoms with Gasteiger partial charge in [0.25, 0.3) is 0 Å². The number of rotatable bonds is 8. The second-order valence-corrected chi connectivity index (χ2v) is 10.0. The van der Waals surface area contributed by atoms with E-state index in [1.54, 1.807) is 51.6 Å². The highest BCUT2D eigenvalue weighted by molar-refractivity contribution is 6.30. The lowest BCUT2D eigenvalue weighted by Crippen LogP contribution is -2.40. The molecule has 0 spiro atoms. The van der Waals surface area contributed by atoms with E-state index in [4.69, 9.17) is 21.1 Å². The molecule has 174 valence electrons. The lowest BCUT2D eigenvalue weighted by atomic mass is 9.87. The average molecular weight is 469 g/mol. The number of imidazole rings is 1. The normalized spacial score (nSPS) is 12.8. The van der Waals surface area contributed by atoms with Crippen molar-refractivity contribution in [1.82, 2.24) is 9.55 Å². The van der Waals surface area contributed by atoms with Crippen LogP contribution in [0.25, 0.3) is 11.1 Å². The number of halogens is 1. The van der Waals surface area contributed by atoms with Crippen molar-refractivity contribution >= 4 is 23.4 Å². The number of carbonyl (C=O) groups is 2. The van der Waals surface area contributed by atoms with Gasteiger partial charge >= 0.3 is 5.97 Å². The standard InChI is InChI=1S/C26H29ClN2O4/c1-25(2,3)24(31)32-16-26(4,5)22(30)23(29-15-14-28-17-29)33-21-12-8-19(9-13-21)18-6-10-20(27)11-7-18/h6-15,17,23H,16H2,1-5H3. The summed E-state index contributed by atoms with van der Waals surface area (Å²) in [6.07, 6.45) is 3.82. The molecule has 3 rings (SSSR count). The van der Waals surface area contributed by atoms with Gasteiger partial charge < -0.3 is 9.47 Å². The lowest BCUT2D eigenvalue weighted by molar-refractivity contribution is -0.159. The number of Topliss-reactive ketones (excluding diaryl/α,β-unsaturated/α-hetero) is 1. The summed E-state index contributed by atoms with van der Waals surface area (Å²) in [5.74, 6) is -0.0625. The van der Waals surface area contributed by atoms with Gasteiger partial charge in [-0.05, 0) is 70.0 Å². The van der Waals surface area contributed by atoms with E-state index in [-0.39, 0.29) is 18.4 Å². The number of carbonyl (C=O) groups excluding carboxylic acids is 2. The van der Waals surface area contributed by atoms with E-state index in [0.717, 1.165) is 11.1 Å². The topological polar surface area (TPSA) is 70.4 Å². The van der Waals surface area contributed by atoms with Crippen LogP contribution in [-0.2, 0) is 14.3 Å². The highest BCUT2D eigenvalue weighted by atomic mass is 35.5. The highest BCUT2D eigenvalue weighted by Gasteiger charge is 2.38. The largest absolute Gasteiger partial charge is 0.464 e. The van der Waals surface area contributed by atoms with Crippen LogP contribution in [0.4, 0.5) is 0 Å². The minimum absolute atomic E-state index is 0.0496. The van der Waals surface area contributed by atoms with Gasteiger partial charge in [0, 0.05) is 17.4 Å². The van der Waals surface area contributed by atoms with Gasteiger partial charge in [0.1, 0.15) is 12.4 Å². The number of benzene rings is 2. The van der Waals surface area contributed by atoms with Gasteiger partial charge in [0.05, 0.1) is 17.2 Å². The zero-order valence-electron chi connectivity index (χ0n) is 19.5. The molecule has 0 aliphatic heterocycles. The molecule has 6 nitrogen and oxygen atoms in total. The van der Waals surface area contributed by atoms with Crippen LogP contribution in [0.15, 0.2) is 67.3 Å². The van der Waals surface area contributed by atoms with Crippen molar-refractivity contribution in [2.24, 2.45) is 10.8 Å². The Morgan fingerprint density at radius 2 is 1.55 bits per heavy atom. The van der Waals surface area contributed by atoms with Crippen LogP contribution in [0.2, 0.25) is 5.02 Å². The van der Waals surface area contributed by atoms with E-state index in [9.17, 15) is 9.59 Å². The van der Waals surface area contributed by atoms with E-state index in [0.29, 0.717) is 10.8 Å². The van der Waals surface area contributed by atoms with Crippen molar-refractivity contribution in [1.29, 1.82) is 0 Å². The first-order chi connectivity index (χ1) is 15.5. The maximum absolute atomic E-state index is 13.5. The molecule has 2 aromatic carbocycles. The van der Waals surface area contributed by atoms with Crippen LogP contribution < -0.4 is 4.74 Å². The Kier molecular flexibility index (Phi) is 7.28. The van der Waals surface area contributed by atoms with E-state index in [1.165, 1.54) is 6.33 Å². The Balaban J connectivity index is 1.78. The summed E-state index contributed by atoms with van der Waals surface area (Å²) in [6.45, 7) is 8.75. The van der Waals surface area contributed by atoms with Crippen LogP contribution in [-0.4, -0.2) is 27.9 Å². The summed E-state index contributed by atoms with van der Waals surface area (Å²) in [6, 6.07) is 15.0. The molecule has 0 amide bonds. The zero-order chi connectivity index (χ0) is 24.2. The summed E-state index contributed by atoms with van der Waals surface area (Å²) in [7, 11) is 0. The van der Waals surface area contributed by atoms with Crippen molar-refractivity contribution in [3.8, 4) is 16.9 Å². The van der Waals surface area contributed by atoms with Crippen molar-refractivity contribution in [2.45, 2.75) is 40.8 Å². The lowest BCUT2D eigenvalue weighted by Gasteiger charge is -2.29. The maximum atomic E-state index is 13.5. The fourth-order valence-corrected chi connectivity index (χ4v) is 3.15. The molecule has 0 aliphatic rings. The molecule has 0 N–H and O–H groups in total. The molecule has 1 atom stereocenters. The Hall–Kier alpha value is -3.12. The van der Waals surface area contributed by atoms with Crippen molar-refractivity contribution in [2.75, 3.05) is 6.61 Å². The fraction of sp³-hybridized carbons (Fsp3) is 0.346. The predicted octanol–water partition coefficient (Wildman–Crippen LogP) is 5.97. The van der Waals surface area contributed by atoms with Crippen LogP contribution >= 0.6 is 11.6 Å². The third kappa shape index (κ3) is 6.23. The second-order valence-electron chi connectivity index (χ2n) is 9.59. The van der Waals surface area contributed by atoms with Gasteiger partial charge in [-0.1, -0.05) is 35.9 Å². The molecule has 0 aliphatic carbocycles. The molecule has 1 unspecified atom stereocenters. The van der Waals surface area contributed by atoms with Gasteiger partial charge in [-0.3, -0.25) is 14.2 Å². The Labute approximate surface area is 199 Å². The first kappa shape index (κ1) is 24.5. The summed E-state index contributed by atoms with van der Waals surface area (Å²) in [4.78, 5) is 29.7. The molecule has 33 heavy (non-hydrogen) atoms. The summed E-state index contributed by atoms with van der Waals surface area (Å²) < 4.78 is 13.1. The molecule has 0 bridgehead atoms. The van der Waals surface area contributed by atoms with Gasteiger partial charge in [0.15, 0.2) is 0 Å². The molecule has 1 aromatic heterocycles. The predicted molar refractivity (Wildman–Crippen MR) is 128 cm³/mol. The summed E-state index contributed by atoms with van der Waals surface area (Å²) >= 11 is 5.97. The Bertz CT molecular complexity index is 1080. The van der Waals surface area contributed by atoms with Gasteiger partial charge in [-0.15, -0.1) is 0 Å².